The molecule has 0 fully saturated rings. The lowest BCUT2D eigenvalue weighted by Crippen LogP contribution is -2.29. The van der Waals surface area contributed by atoms with Gasteiger partial charge in [0.25, 0.3) is 5.56 Å². The number of nitrogen functional groups attached to an aromatic ring is 1. The number of hydrazine groups is 1. The zero-order chi connectivity index (χ0) is 15.2. The smallest absolute Gasteiger partial charge is 0.300 e. The maximum absolute atomic E-state index is 11.5. The van der Waals surface area contributed by atoms with Gasteiger partial charge in [0.1, 0.15) is 5.76 Å². The van der Waals surface area contributed by atoms with Crippen LogP contribution in [0.3, 0.4) is 0 Å². The molecule has 2 heterocycles. The van der Waals surface area contributed by atoms with Gasteiger partial charge in [0.05, 0.1) is 5.75 Å². The van der Waals surface area contributed by atoms with Crippen LogP contribution in [0.4, 0.5) is 0 Å². The van der Waals surface area contributed by atoms with E-state index < -0.39 is 5.91 Å². The van der Waals surface area contributed by atoms with Gasteiger partial charge < -0.3 is 9.40 Å². The SMILES string of the molecule is CCCc1cc(=O)[nH]c(SCc2ccc(C(=O)NN)o2)n1. The molecule has 8 heteroatoms. The van der Waals surface area contributed by atoms with Gasteiger partial charge in [0, 0.05) is 11.8 Å². The Labute approximate surface area is 125 Å². The molecule has 0 bridgehead atoms. The zero-order valence-electron chi connectivity index (χ0n) is 11.5. The summed E-state index contributed by atoms with van der Waals surface area (Å²) < 4.78 is 5.33. The average Bonchev–Trinajstić information content (AvgIpc) is 2.93. The van der Waals surface area contributed by atoms with Crippen LogP contribution in [0.5, 0.6) is 0 Å². The second kappa shape index (κ2) is 7.09. The van der Waals surface area contributed by atoms with Gasteiger partial charge in [-0.2, -0.15) is 0 Å². The van der Waals surface area contributed by atoms with Gasteiger partial charge in [-0.15, -0.1) is 0 Å². The summed E-state index contributed by atoms with van der Waals surface area (Å²) in [4.78, 5) is 29.8. The number of hydrogen-bond acceptors (Lipinski definition) is 6. The molecule has 0 saturated carbocycles. The number of aromatic nitrogens is 2. The lowest BCUT2D eigenvalue weighted by atomic mass is 10.2. The third kappa shape index (κ3) is 4.20. The maximum Gasteiger partial charge on any atom is 0.300 e. The van der Waals surface area contributed by atoms with E-state index in [1.807, 2.05) is 12.3 Å². The summed E-state index contributed by atoms with van der Waals surface area (Å²) in [5.41, 5.74) is 2.60. The fourth-order valence-electron chi connectivity index (χ4n) is 1.72. The van der Waals surface area contributed by atoms with Crippen molar-refractivity contribution < 1.29 is 9.21 Å². The van der Waals surface area contributed by atoms with Crippen molar-refractivity contribution in [2.24, 2.45) is 5.84 Å². The van der Waals surface area contributed by atoms with Crippen molar-refractivity contribution in [2.75, 3.05) is 0 Å². The molecule has 0 aliphatic carbocycles. The summed E-state index contributed by atoms with van der Waals surface area (Å²) in [6, 6.07) is 4.73. The Balaban J connectivity index is 2.04. The normalized spacial score (nSPS) is 10.6. The highest BCUT2D eigenvalue weighted by Crippen LogP contribution is 2.20. The molecule has 7 nitrogen and oxygen atoms in total. The van der Waals surface area contributed by atoms with Gasteiger partial charge in [-0.1, -0.05) is 25.1 Å². The van der Waals surface area contributed by atoms with Crippen LogP contribution in [0, 0.1) is 0 Å². The van der Waals surface area contributed by atoms with Gasteiger partial charge in [-0.05, 0) is 18.6 Å². The Morgan fingerprint density at radius 1 is 1.52 bits per heavy atom. The first kappa shape index (κ1) is 15.3. The number of amides is 1. The minimum Gasteiger partial charge on any atom is -0.455 e. The molecule has 0 aliphatic heterocycles. The van der Waals surface area contributed by atoms with Crippen molar-refractivity contribution in [2.45, 2.75) is 30.7 Å². The summed E-state index contributed by atoms with van der Waals surface area (Å²) in [6.45, 7) is 2.03. The monoisotopic (exact) mass is 308 g/mol. The van der Waals surface area contributed by atoms with E-state index in [4.69, 9.17) is 10.3 Å². The first-order valence-electron chi connectivity index (χ1n) is 6.45. The van der Waals surface area contributed by atoms with Gasteiger partial charge >= 0.3 is 5.91 Å². The number of rotatable bonds is 6. The Kier molecular flexibility index (Phi) is 5.18. The number of nitrogens with zero attached hydrogens (tertiary/aromatic N) is 1. The molecule has 112 valence electrons. The Bertz CT molecular complexity index is 680. The second-order valence-electron chi connectivity index (χ2n) is 4.32. The summed E-state index contributed by atoms with van der Waals surface area (Å²) in [7, 11) is 0. The van der Waals surface area contributed by atoms with E-state index in [2.05, 4.69) is 9.97 Å². The van der Waals surface area contributed by atoms with Crippen LogP contribution in [-0.4, -0.2) is 15.9 Å². The summed E-state index contributed by atoms with van der Waals surface area (Å²) in [5, 5.41) is 0.534. The average molecular weight is 308 g/mol. The number of aromatic amines is 1. The third-order valence-corrected chi connectivity index (χ3v) is 3.54. The van der Waals surface area contributed by atoms with E-state index in [1.54, 1.807) is 12.1 Å². The molecule has 21 heavy (non-hydrogen) atoms. The van der Waals surface area contributed by atoms with Crippen molar-refractivity contribution in [1.29, 1.82) is 0 Å². The lowest BCUT2D eigenvalue weighted by molar-refractivity contribution is 0.0924. The predicted octanol–water partition coefficient (Wildman–Crippen LogP) is 1.21. The first-order chi connectivity index (χ1) is 10.1. The Morgan fingerprint density at radius 2 is 2.33 bits per heavy atom. The predicted molar refractivity (Wildman–Crippen MR) is 78.8 cm³/mol. The molecule has 4 N–H and O–H groups in total. The van der Waals surface area contributed by atoms with Gasteiger partial charge in [0.15, 0.2) is 10.9 Å². The topological polar surface area (TPSA) is 114 Å². The number of aryl methyl sites for hydroxylation is 1. The molecule has 1 amide bonds. The highest BCUT2D eigenvalue weighted by atomic mass is 32.2. The summed E-state index contributed by atoms with van der Waals surface area (Å²) >= 11 is 1.34. The van der Waals surface area contributed by atoms with Crippen LogP contribution < -0.4 is 16.8 Å². The molecule has 0 unspecified atom stereocenters. The third-order valence-electron chi connectivity index (χ3n) is 2.65. The minimum absolute atomic E-state index is 0.147. The number of carbonyl (C=O) groups excluding carboxylic acids is 1. The maximum atomic E-state index is 11.5. The van der Waals surface area contributed by atoms with Gasteiger partial charge in [-0.3, -0.25) is 15.0 Å². The van der Waals surface area contributed by atoms with E-state index in [1.165, 1.54) is 17.8 Å². The van der Waals surface area contributed by atoms with Crippen LogP contribution in [0.15, 0.2) is 32.6 Å². The van der Waals surface area contributed by atoms with Crippen molar-refractivity contribution in [3.8, 4) is 0 Å². The molecule has 0 saturated heterocycles. The summed E-state index contributed by atoms with van der Waals surface area (Å²) in [6.07, 6.45) is 1.69. The van der Waals surface area contributed by atoms with Crippen molar-refractivity contribution in [3.63, 3.8) is 0 Å². The van der Waals surface area contributed by atoms with Crippen molar-refractivity contribution >= 4 is 17.7 Å². The van der Waals surface area contributed by atoms with E-state index >= 15 is 0 Å². The molecular weight excluding hydrogens is 292 g/mol. The summed E-state index contributed by atoms with van der Waals surface area (Å²) in [5.74, 6) is 5.74. The molecule has 0 aliphatic rings. The van der Waals surface area contributed by atoms with Crippen molar-refractivity contribution in [1.82, 2.24) is 15.4 Å². The van der Waals surface area contributed by atoms with Crippen LogP contribution >= 0.6 is 11.8 Å². The number of carbonyl (C=O) groups is 1. The second-order valence-corrected chi connectivity index (χ2v) is 5.28. The van der Waals surface area contributed by atoms with Crippen LogP contribution in [0.1, 0.15) is 35.4 Å². The molecule has 2 aromatic rings. The lowest BCUT2D eigenvalue weighted by Gasteiger charge is -2.02. The highest BCUT2D eigenvalue weighted by molar-refractivity contribution is 7.98. The van der Waals surface area contributed by atoms with Crippen LogP contribution in [0.25, 0.3) is 0 Å². The molecule has 0 spiro atoms. The molecular formula is C13H16N4O3S. The number of thioether (sulfide) groups is 1. The van der Waals surface area contributed by atoms with E-state index in [0.717, 1.165) is 18.5 Å². The zero-order valence-corrected chi connectivity index (χ0v) is 12.3. The van der Waals surface area contributed by atoms with Gasteiger partial charge in [0.2, 0.25) is 0 Å². The molecule has 2 rings (SSSR count). The largest absolute Gasteiger partial charge is 0.455 e. The standard InChI is InChI=1S/C13H16N4O3S/c1-2-3-8-6-11(18)16-13(15-8)21-7-9-4-5-10(20-9)12(19)17-14/h4-6H,2-3,7,14H2,1H3,(H,17,19)(H,15,16,18). The number of H-pyrrole nitrogens is 1. The van der Waals surface area contributed by atoms with E-state index in [-0.39, 0.29) is 11.3 Å². The number of furan rings is 1. The highest BCUT2D eigenvalue weighted by Gasteiger charge is 2.10. The van der Waals surface area contributed by atoms with Crippen LogP contribution in [0.2, 0.25) is 0 Å². The number of nitrogens with one attached hydrogen (secondary N) is 2. The van der Waals surface area contributed by atoms with Crippen LogP contribution in [-0.2, 0) is 12.2 Å². The van der Waals surface area contributed by atoms with Crippen molar-refractivity contribution in [3.05, 3.63) is 45.8 Å². The fraction of sp³-hybridized carbons (Fsp3) is 0.308. The minimum atomic E-state index is -0.484. The quantitative estimate of drug-likeness (QED) is 0.243. The van der Waals surface area contributed by atoms with Gasteiger partial charge in [-0.25, -0.2) is 10.8 Å². The molecule has 0 aromatic carbocycles. The number of nitrogens with two attached hydrogens (primary N) is 1. The molecule has 2 aromatic heterocycles. The molecule has 0 radical (unpaired) electrons. The molecule has 0 atom stereocenters. The van der Waals surface area contributed by atoms with E-state index in [9.17, 15) is 9.59 Å². The van der Waals surface area contributed by atoms with E-state index in [0.29, 0.717) is 16.7 Å². The fourth-order valence-corrected chi connectivity index (χ4v) is 2.51. The Morgan fingerprint density at radius 3 is 3.05 bits per heavy atom. The first-order valence-corrected chi connectivity index (χ1v) is 7.43. The number of hydrogen-bond donors (Lipinski definition) is 3. The Hall–Kier alpha value is -2.06.